The standard InChI is InChI=1S/C13H16BrNO2S/c14-8-10-2-5-13(6-3-10)18(16,17)15-9-11-1-4-12(15)7-11/h2-3,5-6,11-12H,1,4,7-9H2. The van der Waals surface area contributed by atoms with Crippen molar-refractivity contribution < 1.29 is 8.42 Å². The number of fused-ring (bicyclic) bond motifs is 2. The summed E-state index contributed by atoms with van der Waals surface area (Å²) in [6.45, 7) is 0.715. The van der Waals surface area contributed by atoms with Crippen molar-refractivity contribution in [3.63, 3.8) is 0 Å². The molecule has 5 heteroatoms. The Kier molecular flexibility index (Phi) is 3.24. The summed E-state index contributed by atoms with van der Waals surface area (Å²) in [5.74, 6) is 0.589. The first-order valence-corrected chi connectivity index (χ1v) is 8.84. The van der Waals surface area contributed by atoms with E-state index in [1.807, 2.05) is 12.1 Å². The average molecular weight is 330 g/mol. The molecule has 2 atom stereocenters. The quantitative estimate of drug-likeness (QED) is 0.799. The summed E-state index contributed by atoms with van der Waals surface area (Å²) >= 11 is 3.37. The van der Waals surface area contributed by atoms with Gasteiger partial charge in [-0.2, -0.15) is 4.31 Å². The number of rotatable bonds is 3. The summed E-state index contributed by atoms with van der Waals surface area (Å²) in [5.41, 5.74) is 1.09. The monoisotopic (exact) mass is 329 g/mol. The smallest absolute Gasteiger partial charge is 0.207 e. The van der Waals surface area contributed by atoms with Crippen molar-refractivity contribution in [2.45, 2.75) is 35.5 Å². The van der Waals surface area contributed by atoms with Crippen molar-refractivity contribution in [2.24, 2.45) is 5.92 Å². The zero-order valence-corrected chi connectivity index (χ0v) is 12.5. The lowest BCUT2D eigenvalue weighted by atomic mass is 10.1. The lowest BCUT2D eigenvalue weighted by molar-refractivity contribution is 0.333. The van der Waals surface area contributed by atoms with Crippen molar-refractivity contribution in [2.75, 3.05) is 6.54 Å². The van der Waals surface area contributed by atoms with Gasteiger partial charge in [0.1, 0.15) is 0 Å². The van der Waals surface area contributed by atoms with Crippen LogP contribution < -0.4 is 0 Å². The second kappa shape index (κ2) is 4.62. The molecule has 0 spiro atoms. The third-order valence-electron chi connectivity index (χ3n) is 4.04. The van der Waals surface area contributed by atoms with Gasteiger partial charge in [0.15, 0.2) is 0 Å². The summed E-state index contributed by atoms with van der Waals surface area (Å²) in [6.07, 6.45) is 3.28. The predicted molar refractivity (Wildman–Crippen MR) is 74.1 cm³/mol. The third-order valence-corrected chi connectivity index (χ3v) is 6.62. The Hall–Kier alpha value is -0.390. The van der Waals surface area contributed by atoms with Crippen LogP contribution in [0.4, 0.5) is 0 Å². The number of nitrogens with zero attached hydrogens (tertiary/aromatic N) is 1. The molecule has 98 valence electrons. The lowest BCUT2D eigenvalue weighted by Crippen LogP contribution is -2.37. The summed E-state index contributed by atoms with van der Waals surface area (Å²) in [5, 5.41) is 0.752. The number of halogens is 1. The number of alkyl halides is 1. The van der Waals surface area contributed by atoms with Crippen LogP contribution in [0.25, 0.3) is 0 Å². The molecule has 1 aromatic carbocycles. The molecule has 1 heterocycles. The van der Waals surface area contributed by atoms with Gasteiger partial charge in [0.2, 0.25) is 10.0 Å². The average Bonchev–Trinajstić information content (AvgIpc) is 3.01. The molecule has 1 saturated heterocycles. The van der Waals surface area contributed by atoms with Gasteiger partial charge >= 0.3 is 0 Å². The highest BCUT2D eigenvalue weighted by atomic mass is 79.9. The molecule has 18 heavy (non-hydrogen) atoms. The fourth-order valence-electron chi connectivity index (χ4n) is 3.06. The molecule has 0 radical (unpaired) electrons. The first kappa shape index (κ1) is 12.6. The van der Waals surface area contributed by atoms with E-state index in [2.05, 4.69) is 15.9 Å². The molecular weight excluding hydrogens is 314 g/mol. The first-order chi connectivity index (χ1) is 8.61. The summed E-state index contributed by atoms with van der Waals surface area (Å²) in [4.78, 5) is 0.430. The van der Waals surface area contributed by atoms with E-state index < -0.39 is 10.0 Å². The first-order valence-electron chi connectivity index (χ1n) is 6.28. The normalized spacial score (nSPS) is 27.8. The van der Waals surface area contributed by atoms with Crippen LogP contribution in [-0.4, -0.2) is 25.3 Å². The van der Waals surface area contributed by atoms with Gasteiger partial charge in [0.25, 0.3) is 0 Å². The summed E-state index contributed by atoms with van der Waals surface area (Å²) in [6, 6.07) is 7.43. The zero-order chi connectivity index (χ0) is 12.8. The molecule has 1 aromatic rings. The predicted octanol–water partition coefficient (Wildman–Crippen LogP) is 2.75. The summed E-state index contributed by atoms with van der Waals surface area (Å²) < 4.78 is 26.8. The van der Waals surface area contributed by atoms with Crippen LogP contribution >= 0.6 is 15.9 Å². The van der Waals surface area contributed by atoms with Crippen molar-refractivity contribution in [3.8, 4) is 0 Å². The molecule has 1 saturated carbocycles. The largest absolute Gasteiger partial charge is 0.243 e. The maximum absolute atomic E-state index is 12.5. The molecule has 3 rings (SSSR count). The van der Waals surface area contributed by atoms with Crippen LogP contribution in [0.2, 0.25) is 0 Å². The second-order valence-corrected chi connectivity index (χ2v) is 7.64. The Balaban J connectivity index is 1.89. The number of piperidine rings is 1. The van der Waals surface area contributed by atoms with E-state index in [1.54, 1.807) is 16.4 Å². The molecular formula is C13H16BrNO2S. The highest BCUT2D eigenvalue weighted by molar-refractivity contribution is 9.08. The number of hydrogen-bond acceptors (Lipinski definition) is 2. The third kappa shape index (κ3) is 2.02. The van der Waals surface area contributed by atoms with Crippen molar-refractivity contribution in [1.29, 1.82) is 0 Å². The van der Waals surface area contributed by atoms with Crippen LogP contribution in [0.5, 0.6) is 0 Å². The molecule has 2 aliphatic rings. The van der Waals surface area contributed by atoms with E-state index in [1.165, 1.54) is 6.42 Å². The van der Waals surface area contributed by atoms with Crippen LogP contribution in [0, 0.1) is 5.92 Å². The molecule has 2 unspecified atom stereocenters. The van der Waals surface area contributed by atoms with Crippen LogP contribution in [0.15, 0.2) is 29.2 Å². The Bertz CT molecular complexity index is 541. The number of hydrogen-bond donors (Lipinski definition) is 0. The fraction of sp³-hybridized carbons (Fsp3) is 0.538. The van der Waals surface area contributed by atoms with E-state index in [9.17, 15) is 8.42 Å². The Morgan fingerprint density at radius 2 is 1.94 bits per heavy atom. The molecule has 2 fully saturated rings. The minimum absolute atomic E-state index is 0.246. The minimum Gasteiger partial charge on any atom is -0.207 e. The Labute approximate surface area is 116 Å². The fourth-order valence-corrected chi connectivity index (χ4v) is 5.18. The van der Waals surface area contributed by atoms with Crippen LogP contribution in [-0.2, 0) is 15.4 Å². The Morgan fingerprint density at radius 1 is 1.22 bits per heavy atom. The van der Waals surface area contributed by atoms with Gasteiger partial charge in [0, 0.05) is 17.9 Å². The van der Waals surface area contributed by atoms with Gasteiger partial charge in [-0.15, -0.1) is 0 Å². The minimum atomic E-state index is -3.28. The SMILES string of the molecule is O=S(=O)(c1ccc(CBr)cc1)N1CC2CCC1C2. The van der Waals surface area contributed by atoms with Gasteiger partial charge in [0.05, 0.1) is 4.90 Å². The molecule has 3 nitrogen and oxygen atoms in total. The summed E-state index contributed by atoms with van der Waals surface area (Å²) in [7, 11) is -3.28. The second-order valence-electron chi connectivity index (χ2n) is 5.19. The molecule has 0 aromatic heterocycles. The maximum atomic E-state index is 12.5. The maximum Gasteiger partial charge on any atom is 0.243 e. The van der Waals surface area contributed by atoms with Crippen molar-refractivity contribution in [1.82, 2.24) is 4.31 Å². The van der Waals surface area contributed by atoms with E-state index in [4.69, 9.17) is 0 Å². The van der Waals surface area contributed by atoms with E-state index in [0.717, 1.165) is 23.7 Å². The molecule has 2 bridgehead atoms. The molecule has 0 amide bonds. The number of benzene rings is 1. The van der Waals surface area contributed by atoms with Crippen LogP contribution in [0.1, 0.15) is 24.8 Å². The molecule has 0 N–H and O–H groups in total. The molecule has 1 aliphatic heterocycles. The van der Waals surface area contributed by atoms with E-state index in [-0.39, 0.29) is 6.04 Å². The van der Waals surface area contributed by atoms with Crippen molar-refractivity contribution in [3.05, 3.63) is 29.8 Å². The van der Waals surface area contributed by atoms with Gasteiger partial charge in [-0.05, 0) is 42.9 Å². The number of sulfonamides is 1. The van der Waals surface area contributed by atoms with Crippen LogP contribution in [0.3, 0.4) is 0 Å². The van der Waals surface area contributed by atoms with Crippen molar-refractivity contribution >= 4 is 26.0 Å². The zero-order valence-electron chi connectivity index (χ0n) is 10.0. The van der Waals surface area contributed by atoms with E-state index in [0.29, 0.717) is 17.4 Å². The highest BCUT2D eigenvalue weighted by Crippen LogP contribution is 2.40. The van der Waals surface area contributed by atoms with Gasteiger partial charge in [-0.1, -0.05) is 28.1 Å². The van der Waals surface area contributed by atoms with Gasteiger partial charge in [-0.3, -0.25) is 0 Å². The lowest BCUT2D eigenvalue weighted by Gasteiger charge is -2.26. The topological polar surface area (TPSA) is 37.4 Å². The highest BCUT2D eigenvalue weighted by Gasteiger charge is 2.44. The van der Waals surface area contributed by atoms with E-state index >= 15 is 0 Å². The molecule has 1 aliphatic carbocycles. The Morgan fingerprint density at radius 3 is 2.44 bits per heavy atom. The van der Waals surface area contributed by atoms with Gasteiger partial charge in [-0.25, -0.2) is 8.42 Å². The van der Waals surface area contributed by atoms with Gasteiger partial charge < -0.3 is 0 Å².